The Bertz CT molecular complexity index is 1110. The number of carbonyl (C=O) groups is 2. The number of rotatable bonds is 4. The number of benzene rings is 2. The molecule has 2 aromatic carbocycles. The van der Waals surface area contributed by atoms with Gasteiger partial charge >= 0.3 is 0 Å². The Balaban J connectivity index is 1.49. The minimum Gasteiger partial charge on any atom is -0.337 e. The molecule has 0 spiro atoms. The fourth-order valence-corrected chi connectivity index (χ4v) is 3.52. The SMILES string of the molecule is O=C(Nc1cccc(-n2cc[nH]c2=S)c1)[C@H]1CC(=O)N(c2ccccc2F)C1. The molecule has 142 valence electrons. The van der Waals surface area contributed by atoms with Gasteiger partial charge in [-0.1, -0.05) is 18.2 Å². The summed E-state index contributed by atoms with van der Waals surface area (Å²) < 4.78 is 16.3. The second kappa shape index (κ2) is 7.40. The molecule has 2 amide bonds. The number of carbonyl (C=O) groups excluding carboxylic acids is 2. The number of amides is 2. The number of nitrogens with zero attached hydrogens (tertiary/aromatic N) is 2. The molecular weight excluding hydrogens is 379 g/mol. The summed E-state index contributed by atoms with van der Waals surface area (Å²) in [6.45, 7) is 0.147. The lowest BCUT2D eigenvalue weighted by molar-refractivity contribution is -0.122. The van der Waals surface area contributed by atoms with Gasteiger partial charge in [-0.3, -0.25) is 14.2 Å². The molecule has 2 N–H and O–H groups in total. The van der Waals surface area contributed by atoms with Crippen LogP contribution in [0.4, 0.5) is 15.8 Å². The molecule has 0 saturated carbocycles. The van der Waals surface area contributed by atoms with E-state index in [9.17, 15) is 14.0 Å². The van der Waals surface area contributed by atoms with Crippen LogP contribution in [0.1, 0.15) is 6.42 Å². The largest absolute Gasteiger partial charge is 0.337 e. The summed E-state index contributed by atoms with van der Waals surface area (Å²) in [7, 11) is 0. The first-order chi connectivity index (χ1) is 13.5. The molecule has 3 aromatic rings. The maximum Gasteiger partial charge on any atom is 0.229 e. The van der Waals surface area contributed by atoms with Crippen molar-refractivity contribution in [2.75, 3.05) is 16.8 Å². The Morgan fingerprint density at radius 2 is 2.04 bits per heavy atom. The number of anilines is 2. The maximum absolute atomic E-state index is 14.0. The zero-order valence-corrected chi connectivity index (χ0v) is 15.6. The van der Waals surface area contributed by atoms with Crippen molar-refractivity contribution in [3.63, 3.8) is 0 Å². The highest BCUT2D eigenvalue weighted by Gasteiger charge is 2.36. The minimum absolute atomic E-state index is 0.0444. The van der Waals surface area contributed by atoms with Crippen molar-refractivity contribution in [1.82, 2.24) is 9.55 Å². The van der Waals surface area contributed by atoms with Gasteiger partial charge in [0.15, 0.2) is 4.77 Å². The van der Waals surface area contributed by atoms with Crippen LogP contribution in [0, 0.1) is 16.5 Å². The first kappa shape index (κ1) is 18.1. The molecule has 4 rings (SSSR count). The number of aromatic nitrogens is 2. The molecule has 28 heavy (non-hydrogen) atoms. The van der Waals surface area contributed by atoms with E-state index in [0.717, 1.165) is 5.69 Å². The Morgan fingerprint density at radius 1 is 1.21 bits per heavy atom. The molecule has 1 aromatic heterocycles. The number of para-hydroxylation sites is 1. The summed E-state index contributed by atoms with van der Waals surface area (Å²) in [5.74, 6) is -1.57. The Kier molecular flexibility index (Phi) is 4.79. The smallest absolute Gasteiger partial charge is 0.229 e. The van der Waals surface area contributed by atoms with Gasteiger partial charge in [0.1, 0.15) is 5.82 Å². The number of nitrogens with one attached hydrogen (secondary N) is 2. The normalized spacial score (nSPS) is 16.4. The number of imidazole rings is 1. The van der Waals surface area contributed by atoms with Gasteiger partial charge in [-0.25, -0.2) is 4.39 Å². The quantitative estimate of drug-likeness (QED) is 0.661. The highest BCUT2D eigenvalue weighted by atomic mass is 32.1. The van der Waals surface area contributed by atoms with Crippen molar-refractivity contribution in [3.8, 4) is 5.69 Å². The van der Waals surface area contributed by atoms with E-state index >= 15 is 0 Å². The van der Waals surface area contributed by atoms with E-state index in [1.54, 1.807) is 41.2 Å². The fraction of sp³-hybridized carbons (Fsp3) is 0.150. The summed E-state index contributed by atoms with van der Waals surface area (Å²) in [5, 5.41) is 2.84. The molecule has 1 saturated heterocycles. The maximum atomic E-state index is 14.0. The van der Waals surface area contributed by atoms with Crippen molar-refractivity contribution >= 4 is 35.4 Å². The summed E-state index contributed by atoms with van der Waals surface area (Å²) in [6.07, 6.45) is 3.57. The van der Waals surface area contributed by atoms with Crippen molar-refractivity contribution in [3.05, 3.63) is 71.5 Å². The summed E-state index contributed by atoms with van der Waals surface area (Å²) in [4.78, 5) is 29.2. The molecule has 1 fully saturated rings. The van der Waals surface area contributed by atoms with E-state index in [0.29, 0.717) is 10.5 Å². The zero-order chi connectivity index (χ0) is 19.7. The number of aromatic amines is 1. The molecule has 2 heterocycles. The van der Waals surface area contributed by atoms with Gasteiger partial charge in [-0.05, 0) is 42.5 Å². The van der Waals surface area contributed by atoms with Crippen LogP contribution in [-0.2, 0) is 9.59 Å². The van der Waals surface area contributed by atoms with Crippen molar-refractivity contribution < 1.29 is 14.0 Å². The first-order valence-electron chi connectivity index (χ1n) is 8.75. The predicted octanol–water partition coefficient (Wildman–Crippen LogP) is 3.67. The Hall–Kier alpha value is -3.26. The lowest BCUT2D eigenvalue weighted by atomic mass is 10.1. The van der Waals surface area contributed by atoms with Gasteiger partial charge in [-0.2, -0.15) is 0 Å². The van der Waals surface area contributed by atoms with Crippen molar-refractivity contribution in [2.45, 2.75) is 6.42 Å². The first-order valence-corrected chi connectivity index (χ1v) is 9.16. The second-order valence-corrected chi connectivity index (χ2v) is 6.92. The Labute approximate surface area is 165 Å². The molecule has 0 aliphatic carbocycles. The van der Waals surface area contributed by atoms with Gasteiger partial charge in [0.2, 0.25) is 11.8 Å². The molecule has 0 radical (unpaired) electrons. The average molecular weight is 396 g/mol. The molecule has 6 nitrogen and oxygen atoms in total. The molecule has 0 unspecified atom stereocenters. The van der Waals surface area contributed by atoms with Gasteiger partial charge < -0.3 is 15.2 Å². The Morgan fingerprint density at radius 3 is 2.79 bits per heavy atom. The summed E-state index contributed by atoms with van der Waals surface area (Å²) in [6, 6.07) is 13.3. The molecule has 1 aliphatic rings. The lowest BCUT2D eigenvalue weighted by Crippen LogP contribution is -2.28. The van der Waals surface area contributed by atoms with Crippen LogP contribution in [0.5, 0.6) is 0 Å². The predicted molar refractivity (Wildman–Crippen MR) is 106 cm³/mol. The standard InChI is InChI=1S/C20H17FN4O2S/c21-16-6-1-2-7-17(16)25-12-13(10-18(25)26)19(27)23-14-4-3-5-15(11-14)24-9-8-22-20(24)28/h1-9,11,13H,10,12H2,(H,22,28)(H,23,27)/t13-/m0/s1. The number of H-pyrrole nitrogens is 1. The average Bonchev–Trinajstić information content (AvgIpc) is 3.28. The molecular formula is C20H17FN4O2S. The van der Waals surface area contributed by atoms with Gasteiger partial charge in [-0.15, -0.1) is 0 Å². The topological polar surface area (TPSA) is 70.1 Å². The third kappa shape index (κ3) is 3.46. The number of hydrogen-bond donors (Lipinski definition) is 2. The highest BCUT2D eigenvalue weighted by molar-refractivity contribution is 7.71. The third-order valence-corrected chi connectivity index (χ3v) is 4.99. The van der Waals surface area contributed by atoms with E-state index in [2.05, 4.69) is 10.3 Å². The van der Waals surface area contributed by atoms with E-state index in [1.807, 2.05) is 12.1 Å². The zero-order valence-electron chi connectivity index (χ0n) is 14.8. The van der Waals surface area contributed by atoms with Crippen molar-refractivity contribution in [2.24, 2.45) is 5.92 Å². The summed E-state index contributed by atoms with van der Waals surface area (Å²) >= 11 is 5.22. The van der Waals surface area contributed by atoms with Gasteiger partial charge in [0.25, 0.3) is 0 Å². The van der Waals surface area contributed by atoms with Gasteiger partial charge in [0.05, 0.1) is 11.6 Å². The van der Waals surface area contributed by atoms with Crippen LogP contribution < -0.4 is 10.2 Å². The van der Waals surface area contributed by atoms with Gasteiger partial charge in [0, 0.05) is 36.7 Å². The fourth-order valence-electron chi connectivity index (χ4n) is 3.29. The van der Waals surface area contributed by atoms with Crippen LogP contribution in [0.2, 0.25) is 0 Å². The molecule has 1 atom stereocenters. The number of hydrogen-bond acceptors (Lipinski definition) is 3. The molecule has 0 bridgehead atoms. The van der Waals surface area contributed by atoms with E-state index in [4.69, 9.17) is 12.2 Å². The van der Waals surface area contributed by atoms with E-state index < -0.39 is 11.7 Å². The molecule has 8 heteroatoms. The van der Waals surface area contributed by atoms with Crippen LogP contribution in [0.25, 0.3) is 5.69 Å². The van der Waals surface area contributed by atoms with E-state index in [-0.39, 0.29) is 30.5 Å². The third-order valence-electron chi connectivity index (χ3n) is 4.68. The number of halogens is 1. The van der Waals surface area contributed by atoms with E-state index in [1.165, 1.54) is 17.0 Å². The van der Waals surface area contributed by atoms with Crippen molar-refractivity contribution in [1.29, 1.82) is 0 Å². The molecule has 1 aliphatic heterocycles. The van der Waals surface area contributed by atoms with Crippen LogP contribution in [-0.4, -0.2) is 27.9 Å². The lowest BCUT2D eigenvalue weighted by Gasteiger charge is -2.17. The summed E-state index contributed by atoms with van der Waals surface area (Å²) in [5.41, 5.74) is 1.61. The van der Waals surface area contributed by atoms with Crippen LogP contribution in [0.3, 0.4) is 0 Å². The second-order valence-electron chi connectivity index (χ2n) is 6.53. The van der Waals surface area contributed by atoms with Crippen LogP contribution >= 0.6 is 12.2 Å². The minimum atomic E-state index is -0.551. The monoisotopic (exact) mass is 396 g/mol. The highest BCUT2D eigenvalue weighted by Crippen LogP contribution is 2.28. The van der Waals surface area contributed by atoms with Crippen LogP contribution in [0.15, 0.2) is 60.9 Å².